The Morgan fingerprint density at radius 3 is 2.53 bits per heavy atom. The molecule has 0 bridgehead atoms. The molecule has 0 atom stereocenters. The van der Waals surface area contributed by atoms with E-state index in [4.69, 9.17) is 9.84 Å². The number of ether oxygens (including phenoxy) is 1. The average molecular weight is 210 g/mol. The van der Waals surface area contributed by atoms with Gasteiger partial charge in [0.05, 0.1) is 12.8 Å². The lowest BCUT2D eigenvalue weighted by atomic mass is 9.89. The fraction of sp³-hybridized carbons (Fsp3) is 0.500. The molecular weight excluding hydrogens is 196 g/mol. The van der Waals surface area contributed by atoms with Gasteiger partial charge in [-0.15, -0.1) is 0 Å². The van der Waals surface area contributed by atoms with Crippen molar-refractivity contribution in [2.45, 2.75) is 26.2 Å². The highest BCUT2D eigenvalue weighted by Gasteiger charge is 2.31. The third-order valence-electron chi connectivity index (χ3n) is 2.20. The first-order valence-electron chi connectivity index (χ1n) is 4.51. The van der Waals surface area contributed by atoms with Crippen LogP contribution in [0.15, 0.2) is 6.07 Å². The predicted octanol–water partition coefficient (Wildman–Crippen LogP) is 1.16. The first-order valence-corrected chi connectivity index (χ1v) is 4.51. The molecule has 1 rings (SSSR count). The number of carboxylic acids is 1. The van der Waals surface area contributed by atoms with Crippen molar-refractivity contribution >= 4 is 5.97 Å². The Kier molecular flexibility index (Phi) is 2.93. The molecule has 0 spiro atoms. The largest absolute Gasteiger partial charge is 0.481 e. The lowest BCUT2D eigenvalue weighted by Crippen LogP contribution is -2.30. The summed E-state index contributed by atoms with van der Waals surface area (Å²) >= 11 is 0. The van der Waals surface area contributed by atoms with E-state index in [1.165, 1.54) is 7.11 Å². The number of aryl methyl sites for hydroxylation is 1. The highest BCUT2D eigenvalue weighted by Crippen LogP contribution is 2.23. The molecule has 0 aliphatic heterocycles. The number of nitrogens with zero attached hydrogens (tertiary/aromatic N) is 2. The summed E-state index contributed by atoms with van der Waals surface area (Å²) in [5, 5.41) is 9.05. The molecule has 0 saturated heterocycles. The highest BCUT2D eigenvalue weighted by atomic mass is 16.5. The van der Waals surface area contributed by atoms with Crippen molar-refractivity contribution in [2.24, 2.45) is 0 Å². The molecule has 0 unspecified atom stereocenters. The minimum absolute atomic E-state index is 0.381. The van der Waals surface area contributed by atoms with Gasteiger partial charge in [-0.25, -0.2) is 4.98 Å². The summed E-state index contributed by atoms with van der Waals surface area (Å²) < 4.78 is 4.97. The van der Waals surface area contributed by atoms with E-state index < -0.39 is 11.4 Å². The fourth-order valence-electron chi connectivity index (χ4n) is 1.07. The van der Waals surface area contributed by atoms with Gasteiger partial charge in [0.25, 0.3) is 0 Å². The second-order valence-electron chi connectivity index (χ2n) is 3.77. The van der Waals surface area contributed by atoms with Crippen LogP contribution in [0.3, 0.4) is 0 Å². The molecule has 0 aliphatic rings. The van der Waals surface area contributed by atoms with E-state index >= 15 is 0 Å². The molecule has 5 nitrogen and oxygen atoms in total. The molecule has 1 aromatic rings. The fourth-order valence-corrected chi connectivity index (χ4v) is 1.07. The summed E-state index contributed by atoms with van der Waals surface area (Å²) in [6, 6.07) is 1.54. The van der Waals surface area contributed by atoms with Gasteiger partial charge >= 0.3 is 5.97 Å². The summed E-state index contributed by atoms with van der Waals surface area (Å²) in [7, 11) is 1.49. The molecule has 1 heterocycles. The molecule has 5 heteroatoms. The summed E-state index contributed by atoms with van der Waals surface area (Å²) in [4.78, 5) is 19.1. The van der Waals surface area contributed by atoms with Crippen LogP contribution in [-0.2, 0) is 10.2 Å². The number of rotatable bonds is 3. The van der Waals surface area contributed by atoms with Gasteiger partial charge in [0.2, 0.25) is 5.88 Å². The van der Waals surface area contributed by atoms with Gasteiger partial charge in [-0.05, 0) is 20.8 Å². The van der Waals surface area contributed by atoms with Crippen molar-refractivity contribution in [3.63, 3.8) is 0 Å². The van der Waals surface area contributed by atoms with Crippen molar-refractivity contribution in [3.05, 3.63) is 17.6 Å². The number of aromatic nitrogens is 2. The lowest BCUT2D eigenvalue weighted by Gasteiger charge is -2.18. The maximum atomic E-state index is 11.0. The predicted molar refractivity (Wildman–Crippen MR) is 54.0 cm³/mol. The molecule has 1 aromatic heterocycles. The Labute approximate surface area is 88.1 Å². The SMILES string of the molecule is COc1cc(C(C)(C)C(=O)O)nc(C)n1. The molecule has 0 fully saturated rings. The Bertz CT molecular complexity index is 388. The number of aliphatic carboxylic acids is 1. The summed E-state index contributed by atoms with van der Waals surface area (Å²) in [5.41, 5.74) is -0.597. The van der Waals surface area contributed by atoms with Crippen LogP contribution in [0, 0.1) is 6.92 Å². The molecule has 0 radical (unpaired) electrons. The molecule has 0 amide bonds. The maximum Gasteiger partial charge on any atom is 0.315 e. The standard InChI is InChI=1S/C10H14N2O3/c1-6-11-7(5-8(12-6)15-4)10(2,3)9(13)14/h5H,1-4H3,(H,13,14). The van der Waals surface area contributed by atoms with E-state index in [9.17, 15) is 4.79 Å². The minimum atomic E-state index is -1.04. The third kappa shape index (κ3) is 2.23. The summed E-state index contributed by atoms with van der Waals surface area (Å²) in [6.45, 7) is 4.89. The van der Waals surface area contributed by atoms with Crippen LogP contribution in [-0.4, -0.2) is 28.2 Å². The third-order valence-corrected chi connectivity index (χ3v) is 2.20. The molecule has 0 aromatic carbocycles. The van der Waals surface area contributed by atoms with Crippen LogP contribution in [0.2, 0.25) is 0 Å². The molecule has 15 heavy (non-hydrogen) atoms. The zero-order chi connectivity index (χ0) is 11.6. The van der Waals surface area contributed by atoms with Gasteiger partial charge in [-0.1, -0.05) is 0 Å². The van der Waals surface area contributed by atoms with Crippen molar-refractivity contribution in [2.75, 3.05) is 7.11 Å². The summed E-state index contributed by atoms with van der Waals surface area (Å²) in [5.74, 6) is -0.0480. The number of hydrogen-bond donors (Lipinski definition) is 1. The number of methoxy groups -OCH3 is 1. The maximum absolute atomic E-state index is 11.0. The van der Waals surface area contributed by atoms with E-state index in [0.717, 1.165) is 0 Å². The minimum Gasteiger partial charge on any atom is -0.481 e. The Hall–Kier alpha value is -1.65. The lowest BCUT2D eigenvalue weighted by molar-refractivity contribution is -0.142. The number of carbonyl (C=O) groups is 1. The molecule has 1 N–H and O–H groups in total. The van der Waals surface area contributed by atoms with Gasteiger partial charge in [-0.2, -0.15) is 4.98 Å². The van der Waals surface area contributed by atoms with Crippen LogP contribution >= 0.6 is 0 Å². The van der Waals surface area contributed by atoms with E-state index in [1.54, 1.807) is 26.8 Å². The van der Waals surface area contributed by atoms with Crippen molar-refractivity contribution in [1.29, 1.82) is 0 Å². The van der Waals surface area contributed by atoms with Gasteiger partial charge in [-0.3, -0.25) is 4.79 Å². The number of hydrogen-bond acceptors (Lipinski definition) is 4. The smallest absolute Gasteiger partial charge is 0.315 e. The van der Waals surface area contributed by atoms with Gasteiger partial charge in [0.1, 0.15) is 11.2 Å². The van der Waals surface area contributed by atoms with Crippen LogP contribution in [0.1, 0.15) is 25.4 Å². The monoisotopic (exact) mass is 210 g/mol. The van der Waals surface area contributed by atoms with Crippen molar-refractivity contribution in [1.82, 2.24) is 9.97 Å². The average Bonchev–Trinajstić information content (AvgIpc) is 2.16. The zero-order valence-electron chi connectivity index (χ0n) is 9.24. The second-order valence-corrected chi connectivity index (χ2v) is 3.77. The first kappa shape index (κ1) is 11.4. The van der Waals surface area contributed by atoms with Gasteiger partial charge in [0.15, 0.2) is 0 Å². The van der Waals surface area contributed by atoms with Crippen molar-refractivity contribution < 1.29 is 14.6 Å². The second kappa shape index (κ2) is 3.84. The van der Waals surface area contributed by atoms with E-state index in [2.05, 4.69) is 9.97 Å². The Morgan fingerprint density at radius 1 is 1.47 bits per heavy atom. The zero-order valence-corrected chi connectivity index (χ0v) is 9.24. The van der Waals surface area contributed by atoms with E-state index in [0.29, 0.717) is 17.4 Å². The molecule has 82 valence electrons. The normalized spacial score (nSPS) is 11.2. The number of carboxylic acid groups (broad SMARTS) is 1. The molecular formula is C10H14N2O3. The summed E-state index contributed by atoms with van der Waals surface area (Å²) in [6.07, 6.45) is 0. The van der Waals surface area contributed by atoms with Crippen LogP contribution < -0.4 is 4.74 Å². The van der Waals surface area contributed by atoms with Crippen LogP contribution in [0.5, 0.6) is 5.88 Å². The Balaban J connectivity index is 3.25. The van der Waals surface area contributed by atoms with Crippen LogP contribution in [0.25, 0.3) is 0 Å². The van der Waals surface area contributed by atoms with Gasteiger partial charge < -0.3 is 9.84 Å². The quantitative estimate of drug-likeness (QED) is 0.810. The van der Waals surface area contributed by atoms with Crippen LogP contribution in [0.4, 0.5) is 0 Å². The topological polar surface area (TPSA) is 72.3 Å². The van der Waals surface area contributed by atoms with Crippen molar-refractivity contribution in [3.8, 4) is 5.88 Å². The van der Waals surface area contributed by atoms with E-state index in [-0.39, 0.29) is 0 Å². The molecule has 0 saturated carbocycles. The van der Waals surface area contributed by atoms with E-state index in [1.807, 2.05) is 0 Å². The molecule has 0 aliphatic carbocycles. The first-order chi connectivity index (χ1) is 6.87. The Morgan fingerprint density at radius 2 is 2.07 bits per heavy atom. The highest BCUT2D eigenvalue weighted by molar-refractivity contribution is 5.79. The van der Waals surface area contributed by atoms with Gasteiger partial charge in [0, 0.05) is 6.07 Å².